The van der Waals surface area contributed by atoms with Gasteiger partial charge in [-0.05, 0) is 38.7 Å². The van der Waals surface area contributed by atoms with Gasteiger partial charge in [-0.3, -0.25) is 9.48 Å². The lowest BCUT2D eigenvalue weighted by molar-refractivity contribution is -0.179. The summed E-state index contributed by atoms with van der Waals surface area (Å²) in [6.45, 7) is 4.64. The monoisotopic (exact) mass is 307 g/mol. The molecule has 1 aromatic heterocycles. The van der Waals surface area contributed by atoms with Crippen LogP contribution in [0.3, 0.4) is 0 Å². The van der Waals surface area contributed by atoms with Crippen molar-refractivity contribution in [3.05, 3.63) is 18.0 Å². The van der Waals surface area contributed by atoms with Gasteiger partial charge in [0, 0.05) is 38.9 Å². The lowest BCUT2D eigenvalue weighted by Crippen LogP contribution is -2.56. The van der Waals surface area contributed by atoms with Gasteiger partial charge in [0.2, 0.25) is 5.91 Å². The first-order valence-corrected chi connectivity index (χ1v) is 8.19. The first kappa shape index (κ1) is 15.5. The van der Waals surface area contributed by atoms with Gasteiger partial charge in [-0.1, -0.05) is 0 Å². The van der Waals surface area contributed by atoms with Crippen LogP contribution in [0.15, 0.2) is 12.3 Å². The van der Waals surface area contributed by atoms with Gasteiger partial charge in [0.25, 0.3) is 0 Å². The molecule has 1 aromatic rings. The number of hydrogen-bond acceptors (Lipinski definition) is 4. The van der Waals surface area contributed by atoms with E-state index in [1.165, 1.54) is 0 Å². The fourth-order valence-electron chi connectivity index (χ4n) is 3.48. The van der Waals surface area contributed by atoms with E-state index in [0.717, 1.165) is 38.0 Å². The Kier molecular flexibility index (Phi) is 4.49. The molecule has 1 amide bonds. The smallest absolute Gasteiger partial charge is 0.224 e. The Morgan fingerprint density at radius 1 is 1.50 bits per heavy atom. The van der Waals surface area contributed by atoms with Crippen molar-refractivity contribution in [1.29, 1.82) is 0 Å². The van der Waals surface area contributed by atoms with E-state index in [0.29, 0.717) is 26.1 Å². The van der Waals surface area contributed by atoms with E-state index in [9.17, 15) is 9.90 Å². The molecule has 1 spiro atoms. The molecule has 0 radical (unpaired) electrons. The molecule has 0 bridgehead atoms. The van der Waals surface area contributed by atoms with E-state index in [1.54, 1.807) is 0 Å². The van der Waals surface area contributed by atoms with Gasteiger partial charge in [0.1, 0.15) is 0 Å². The van der Waals surface area contributed by atoms with E-state index in [-0.39, 0.29) is 12.0 Å². The molecule has 3 heterocycles. The number of amides is 1. The number of piperidine rings is 1. The van der Waals surface area contributed by atoms with Crippen molar-refractivity contribution in [1.82, 2.24) is 14.7 Å². The Balaban J connectivity index is 1.49. The van der Waals surface area contributed by atoms with Gasteiger partial charge in [-0.25, -0.2) is 0 Å². The molecule has 2 aliphatic heterocycles. The van der Waals surface area contributed by atoms with E-state index >= 15 is 0 Å². The van der Waals surface area contributed by atoms with Crippen LogP contribution >= 0.6 is 0 Å². The normalized spacial score (nSPS) is 24.6. The molecule has 1 N–H and O–H groups in total. The maximum Gasteiger partial charge on any atom is 0.224 e. The molecule has 0 saturated carbocycles. The number of likely N-dealkylation sites (tertiary alicyclic amines) is 1. The zero-order valence-electron chi connectivity index (χ0n) is 13.2. The zero-order chi connectivity index (χ0) is 15.6. The van der Waals surface area contributed by atoms with Crippen LogP contribution in [-0.4, -0.2) is 57.1 Å². The summed E-state index contributed by atoms with van der Waals surface area (Å²) in [5, 5.41) is 14.5. The molecule has 2 saturated heterocycles. The molecule has 0 aliphatic carbocycles. The standard InChI is InChI=1S/C16H25N3O3/c1-13-4-8-19(17-13)9-5-15(21)18-10-6-16(7-11-18)14(20)3-2-12-22-16/h4,8,14,20H,2-3,5-7,9-12H2,1H3. The Hall–Kier alpha value is -1.40. The maximum atomic E-state index is 12.3. The van der Waals surface area contributed by atoms with Crippen molar-refractivity contribution < 1.29 is 14.6 Å². The summed E-state index contributed by atoms with van der Waals surface area (Å²) in [7, 11) is 0. The van der Waals surface area contributed by atoms with Crippen molar-refractivity contribution in [2.24, 2.45) is 0 Å². The largest absolute Gasteiger partial charge is 0.390 e. The number of carbonyl (C=O) groups excluding carboxylic acids is 1. The molecule has 3 rings (SSSR count). The fraction of sp³-hybridized carbons (Fsp3) is 0.750. The maximum absolute atomic E-state index is 12.3. The first-order valence-electron chi connectivity index (χ1n) is 8.19. The van der Waals surface area contributed by atoms with Crippen LogP contribution in [0.25, 0.3) is 0 Å². The van der Waals surface area contributed by atoms with Gasteiger partial charge < -0.3 is 14.7 Å². The average Bonchev–Trinajstić information content (AvgIpc) is 2.94. The predicted octanol–water partition coefficient (Wildman–Crippen LogP) is 1.11. The summed E-state index contributed by atoms with van der Waals surface area (Å²) in [5.41, 5.74) is 0.560. The minimum absolute atomic E-state index is 0.160. The Bertz CT molecular complexity index is 520. The van der Waals surface area contributed by atoms with Crippen LogP contribution in [0, 0.1) is 6.92 Å². The number of nitrogens with zero attached hydrogens (tertiary/aromatic N) is 3. The van der Waals surface area contributed by atoms with Gasteiger partial charge in [0.05, 0.1) is 17.4 Å². The van der Waals surface area contributed by atoms with E-state index in [2.05, 4.69) is 5.10 Å². The van der Waals surface area contributed by atoms with Crippen molar-refractivity contribution in [3.8, 4) is 0 Å². The molecule has 6 nitrogen and oxygen atoms in total. The number of hydrogen-bond donors (Lipinski definition) is 1. The molecule has 22 heavy (non-hydrogen) atoms. The lowest BCUT2D eigenvalue weighted by atomic mass is 9.82. The molecular weight excluding hydrogens is 282 g/mol. The van der Waals surface area contributed by atoms with Crippen LogP contribution < -0.4 is 0 Å². The third-order valence-electron chi connectivity index (χ3n) is 4.91. The summed E-state index contributed by atoms with van der Waals surface area (Å²) in [5.74, 6) is 0.160. The number of carbonyl (C=O) groups is 1. The van der Waals surface area contributed by atoms with E-state index in [1.807, 2.05) is 28.8 Å². The number of ether oxygens (including phenoxy) is 1. The first-order chi connectivity index (χ1) is 10.6. The fourth-order valence-corrected chi connectivity index (χ4v) is 3.48. The van der Waals surface area contributed by atoms with Crippen molar-refractivity contribution in [2.45, 2.75) is 57.3 Å². The van der Waals surface area contributed by atoms with Crippen LogP contribution in [-0.2, 0) is 16.1 Å². The van der Waals surface area contributed by atoms with Crippen LogP contribution in [0.4, 0.5) is 0 Å². The number of aryl methyl sites for hydroxylation is 2. The third-order valence-corrected chi connectivity index (χ3v) is 4.91. The second-order valence-electron chi connectivity index (χ2n) is 6.42. The minimum Gasteiger partial charge on any atom is -0.390 e. The highest BCUT2D eigenvalue weighted by Crippen LogP contribution is 2.35. The van der Waals surface area contributed by atoms with Gasteiger partial charge >= 0.3 is 0 Å². The Morgan fingerprint density at radius 3 is 2.91 bits per heavy atom. The highest BCUT2D eigenvalue weighted by atomic mass is 16.5. The van der Waals surface area contributed by atoms with E-state index in [4.69, 9.17) is 4.74 Å². The number of rotatable bonds is 3. The summed E-state index contributed by atoms with van der Waals surface area (Å²) in [6.07, 6.45) is 5.20. The van der Waals surface area contributed by atoms with Crippen LogP contribution in [0.5, 0.6) is 0 Å². The zero-order valence-corrected chi connectivity index (χ0v) is 13.2. The Labute approximate surface area is 131 Å². The predicted molar refractivity (Wildman–Crippen MR) is 81.3 cm³/mol. The lowest BCUT2D eigenvalue weighted by Gasteiger charge is -2.46. The molecule has 1 unspecified atom stereocenters. The third kappa shape index (κ3) is 3.17. The van der Waals surface area contributed by atoms with E-state index < -0.39 is 5.60 Å². The topological polar surface area (TPSA) is 67.6 Å². The second-order valence-corrected chi connectivity index (χ2v) is 6.42. The molecule has 1 atom stereocenters. The van der Waals surface area contributed by atoms with Crippen molar-refractivity contribution >= 4 is 5.91 Å². The summed E-state index contributed by atoms with van der Waals surface area (Å²) in [6, 6.07) is 1.94. The number of aliphatic hydroxyl groups is 1. The molecule has 122 valence electrons. The average molecular weight is 307 g/mol. The van der Waals surface area contributed by atoms with Crippen molar-refractivity contribution in [2.75, 3.05) is 19.7 Å². The van der Waals surface area contributed by atoms with Crippen LogP contribution in [0.2, 0.25) is 0 Å². The summed E-state index contributed by atoms with van der Waals surface area (Å²) < 4.78 is 7.69. The van der Waals surface area contributed by atoms with Crippen LogP contribution in [0.1, 0.15) is 37.8 Å². The highest BCUT2D eigenvalue weighted by Gasteiger charge is 2.44. The second kappa shape index (κ2) is 6.38. The highest BCUT2D eigenvalue weighted by molar-refractivity contribution is 5.76. The SMILES string of the molecule is Cc1ccn(CCC(=O)N2CCC3(CC2)OCCCC3O)n1. The summed E-state index contributed by atoms with van der Waals surface area (Å²) >= 11 is 0. The minimum atomic E-state index is -0.409. The van der Waals surface area contributed by atoms with Crippen molar-refractivity contribution in [3.63, 3.8) is 0 Å². The Morgan fingerprint density at radius 2 is 2.27 bits per heavy atom. The van der Waals surface area contributed by atoms with Gasteiger partial charge in [-0.15, -0.1) is 0 Å². The number of aromatic nitrogens is 2. The molecular formula is C16H25N3O3. The molecule has 2 fully saturated rings. The van der Waals surface area contributed by atoms with Gasteiger partial charge in [-0.2, -0.15) is 5.10 Å². The molecule has 6 heteroatoms. The summed E-state index contributed by atoms with van der Waals surface area (Å²) in [4.78, 5) is 14.2. The molecule has 0 aromatic carbocycles. The molecule has 2 aliphatic rings. The van der Waals surface area contributed by atoms with Gasteiger partial charge in [0.15, 0.2) is 0 Å². The quantitative estimate of drug-likeness (QED) is 0.908. The number of aliphatic hydroxyl groups excluding tert-OH is 1.